The van der Waals surface area contributed by atoms with Gasteiger partial charge in [-0.15, -0.1) is 0 Å². The standard InChI is InChI=1S/C19H24N2OS/c1-15(2)13-21(14-16-8-5-4-6-9-16)19(23)20-17-10-7-11-18(12-17)22-3/h4-12,15H,13-14H2,1-3H3,(H,20,23). The monoisotopic (exact) mass is 328 g/mol. The Kier molecular flexibility index (Phi) is 6.41. The number of nitrogens with zero attached hydrogens (tertiary/aromatic N) is 1. The van der Waals surface area contributed by atoms with Gasteiger partial charge in [0.15, 0.2) is 5.11 Å². The normalized spacial score (nSPS) is 10.4. The fourth-order valence-corrected chi connectivity index (χ4v) is 2.62. The van der Waals surface area contributed by atoms with Gasteiger partial charge in [0.2, 0.25) is 0 Å². The lowest BCUT2D eigenvalue weighted by atomic mass is 10.1. The molecule has 0 aromatic heterocycles. The summed E-state index contributed by atoms with van der Waals surface area (Å²) < 4.78 is 5.26. The highest BCUT2D eigenvalue weighted by Gasteiger charge is 2.12. The van der Waals surface area contributed by atoms with Gasteiger partial charge in [-0.25, -0.2) is 0 Å². The molecule has 0 aliphatic heterocycles. The van der Waals surface area contributed by atoms with Crippen molar-refractivity contribution in [3.8, 4) is 5.75 Å². The topological polar surface area (TPSA) is 24.5 Å². The SMILES string of the molecule is COc1cccc(NC(=S)N(Cc2ccccc2)CC(C)C)c1. The minimum Gasteiger partial charge on any atom is -0.497 e. The maximum absolute atomic E-state index is 5.63. The molecular formula is C19H24N2OS. The lowest BCUT2D eigenvalue weighted by molar-refractivity contribution is 0.364. The molecule has 0 aliphatic rings. The van der Waals surface area contributed by atoms with Crippen molar-refractivity contribution in [1.29, 1.82) is 0 Å². The van der Waals surface area contributed by atoms with Crippen molar-refractivity contribution in [2.45, 2.75) is 20.4 Å². The molecule has 0 amide bonds. The number of nitrogens with one attached hydrogen (secondary N) is 1. The molecule has 0 spiro atoms. The lowest BCUT2D eigenvalue weighted by Crippen LogP contribution is -2.36. The molecule has 2 rings (SSSR count). The fourth-order valence-electron chi connectivity index (χ4n) is 2.37. The Labute approximate surface area is 144 Å². The quantitative estimate of drug-likeness (QED) is 0.786. The second-order valence-corrected chi connectivity index (χ2v) is 6.31. The summed E-state index contributed by atoms with van der Waals surface area (Å²) in [7, 11) is 1.66. The summed E-state index contributed by atoms with van der Waals surface area (Å²) in [5.74, 6) is 1.35. The molecule has 2 aromatic rings. The van der Waals surface area contributed by atoms with Crippen LogP contribution in [-0.2, 0) is 6.54 Å². The average molecular weight is 328 g/mol. The summed E-state index contributed by atoms with van der Waals surface area (Å²) in [6.07, 6.45) is 0. The van der Waals surface area contributed by atoms with E-state index in [9.17, 15) is 0 Å². The predicted octanol–water partition coefficient (Wildman–Crippen LogP) is 4.55. The van der Waals surface area contributed by atoms with Crippen molar-refractivity contribution in [1.82, 2.24) is 4.90 Å². The van der Waals surface area contributed by atoms with Gasteiger partial charge in [-0.1, -0.05) is 50.2 Å². The number of benzene rings is 2. The molecule has 4 heteroatoms. The molecule has 0 fully saturated rings. The summed E-state index contributed by atoms with van der Waals surface area (Å²) in [5.41, 5.74) is 2.19. The average Bonchev–Trinajstić information content (AvgIpc) is 2.55. The third-order valence-electron chi connectivity index (χ3n) is 3.41. The number of ether oxygens (including phenoxy) is 1. The van der Waals surface area contributed by atoms with Crippen molar-refractivity contribution >= 4 is 23.0 Å². The van der Waals surface area contributed by atoms with Crippen LogP contribution < -0.4 is 10.1 Å². The highest BCUT2D eigenvalue weighted by atomic mass is 32.1. The van der Waals surface area contributed by atoms with Crippen molar-refractivity contribution in [2.24, 2.45) is 5.92 Å². The van der Waals surface area contributed by atoms with Gasteiger partial charge in [0, 0.05) is 24.8 Å². The Balaban J connectivity index is 2.09. The second kappa shape index (κ2) is 8.53. The van der Waals surface area contributed by atoms with Crippen LogP contribution >= 0.6 is 12.2 Å². The van der Waals surface area contributed by atoms with Crippen LogP contribution in [0.25, 0.3) is 0 Å². The van der Waals surface area contributed by atoms with E-state index in [1.54, 1.807) is 7.11 Å². The second-order valence-electron chi connectivity index (χ2n) is 5.92. The van der Waals surface area contributed by atoms with Gasteiger partial charge in [-0.3, -0.25) is 0 Å². The number of anilines is 1. The molecule has 0 bridgehead atoms. The van der Waals surface area contributed by atoms with Gasteiger partial charge < -0.3 is 15.0 Å². The van der Waals surface area contributed by atoms with Crippen molar-refractivity contribution < 1.29 is 4.74 Å². The van der Waals surface area contributed by atoms with Crippen LogP contribution in [0.1, 0.15) is 19.4 Å². The Morgan fingerprint density at radius 3 is 2.52 bits per heavy atom. The number of rotatable bonds is 6. The van der Waals surface area contributed by atoms with E-state index in [0.717, 1.165) is 29.6 Å². The van der Waals surface area contributed by atoms with Crippen LogP contribution in [0.15, 0.2) is 54.6 Å². The lowest BCUT2D eigenvalue weighted by Gasteiger charge is -2.28. The smallest absolute Gasteiger partial charge is 0.173 e. The molecular weight excluding hydrogens is 304 g/mol. The minimum atomic E-state index is 0.531. The third-order valence-corrected chi connectivity index (χ3v) is 3.77. The molecule has 0 heterocycles. The molecule has 0 radical (unpaired) electrons. The number of methoxy groups -OCH3 is 1. The summed E-state index contributed by atoms with van der Waals surface area (Å²) in [6, 6.07) is 18.2. The molecule has 3 nitrogen and oxygen atoms in total. The van der Waals surface area contributed by atoms with Crippen LogP contribution in [-0.4, -0.2) is 23.7 Å². The van der Waals surface area contributed by atoms with E-state index in [1.165, 1.54) is 5.56 Å². The van der Waals surface area contributed by atoms with Crippen molar-refractivity contribution in [3.63, 3.8) is 0 Å². The molecule has 0 saturated carbocycles. The Morgan fingerprint density at radius 1 is 1.13 bits per heavy atom. The van der Waals surface area contributed by atoms with Gasteiger partial charge in [0.05, 0.1) is 7.11 Å². The minimum absolute atomic E-state index is 0.531. The van der Waals surface area contributed by atoms with Crippen LogP contribution in [0.2, 0.25) is 0 Å². The first kappa shape index (κ1) is 17.3. The first-order valence-corrected chi connectivity index (χ1v) is 8.23. The Bertz CT molecular complexity index is 628. The first-order chi connectivity index (χ1) is 11.1. The van der Waals surface area contributed by atoms with Crippen LogP contribution in [0.3, 0.4) is 0 Å². The van der Waals surface area contributed by atoms with Crippen LogP contribution in [0, 0.1) is 5.92 Å². The van der Waals surface area contributed by atoms with E-state index < -0.39 is 0 Å². The van der Waals surface area contributed by atoms with Crippen molar-refractivity contribution in [3.05, 3.63) is 60.2 Å². The molecule has 23 heavy (non-hydrogen) atoms. The van der Waals surface area contributed by atoms with Gasteiger partial charge in [0.1, 0.15) is 5.75 Å². The maximum atomic E-state index is 5.63. The van der Waals surface area contributed by atoms with E-state index in [0.29, 0.717) is 5.92 Å². The number of hydrogen-bond acceptors (Lipinski definition) is 2. The maximum Gasteiger partial charge on any atom is 0.173 e. The molecule has 0 unspecified atom stereocenters. The summed E-state index contributed by atoms with van der Waals surface area (Å²) in [4.78, 5) is 2.20. The third kappa shape index (κ3) is 5.57. The Hall–Kier alpha value is -2.07. The van der Waals surface area contributed by atoms with E-state index in [2.05, 4.69) is 48.3 Å². The number of thiocarbonyl (C=S) groups is 1. The van der Waals surface area contributed by atoms with Gasteiger partial charge >= 0.3 is 0 Å². The van der Waals surface area contributed by atoms with Gasteiger partial charge in [0.25, 0.3) is 0 Å². The van der Waals surface area contributed by atoms with Crippen LogP contribution in [0.4, 0.5) is 5.69 Å². The van der Waals surface area contributed by atoms with E-state index in [-0.39, 0.29) is 0 Å². The van der Waals surface area contributed by atoms with Crippen LogP contribution in [0.5, 0.6) is 5.75 Å². The van der Waals surface area contributed by atoms with E-state index >= 15 is 0 Å². The Morgan fingerprint density at radius 2 is 1.87 bits per heavy atom. The highest BCUT2D eigenvalue weighted by molar-refractivity contribution is 7.80. The molecule has 0 saturated heterocycles. The first-order valence-electron chi connectivity index (χ1n) is 7.82. The number of hydrogen-bond donors (Lipinski definition) is 1. The molecule has 2 aromatic carbocycles. The molecule has 0 aliphatic carbocycles. The molecule has 0 atom stereocenters. The van der Waals surface area contributed by atoms with E-state index in [4.69, 9.17) is 17.0 Å². The summed E-state index contributed by atoms with van der Waals surface area (Å²) in [5, 5.41) is 4.05. The largest absolute Gasteiger partial charge is 0.497 e. The zero-order chi connectivity index (χ0) is 16.7. The van der Waals surface area contributed by atoms with E-state index in [1.807, 2.05) is 30.3 Å². The molecule has 1 N–H and O–H groups in total. The summed E-state index contributed by atoms with van der Waals surface area (Å²) in [6.45, 7) is 6.11. The van der Waals surface area contributed by atoms with Crippen molar-refractivity contribution in [2.75, 3.05) is 19.0 Å². The van der Waals surface area contributed by atoms with Gasteiger partial charge in [-0.05, 0) is 35.8 Å². The predicted molar refractivity (Wildman–Crippen MR) is 101 cm³/mol. The van der Waals surface area contributed by atoms with Gasteiger partial charge in [-0.2, -0.15) is 0 Å². The zero-order valence-electron chi connectivity index (χ0n) is 14.0. The highest BCUT2D eigenvalue weighted by Crippen LogP contribution is 2.18. The summed E-state index contributed by atoms with van der Waals surface area (Å²) >= 11 is 5.63. The zero-order valence-corrected chi connectivity index (χ0v) is 14.8. The fraction of sp³-hybridized carbons (Fsp3) is 0.316. The molecule has 122 valence electrons.